The molecule has 6 aliphatic rings. The van der Waals surface area contributed by atoms with E-state index in [0.717, 1.165) is 24.8 Å². The summed E-state index contributed by atoms with van der Waals surface area (Å²) < 4.78 is 11.5. The Morgan fingerprint density at radius 3 is 2.24 bits per heavy atom. The number of aliphatic hydroxyl groups is 7. The molecular weight excluding hydrogens is 592 g/mol. The van der Waals surface area contributed by atoms with Crippen molar-refractivity contribution in [1.29, 1.82) is 0 Å². The van der Waals surface area contributed by atoms with E-state index in [-0.39, 0.29) is 34.0 Å². The Bertz CT molecular complexity index is 1250. The molecule has 0 bridgehead atoms. The lowest BCUT2D eigenvalue weighted by Crippen LogP contribution is -2.69. The minimum atomic E-state index is -1.70. The zero-order valence-electron chi connectivity index (χ0n) is 28.6. The molecule has 0 aromatic heterocycles. The van der Waals surface area contributed by atoms with Crippen LogP contribution in [0.4, 0.5) is 0 Å². The van der Waals surface area contributed by atoms with Gasteiger partial charge in [0.05, 0.1) is 29.8 Å². The lowest BCUT2D eigenvalue weighted by atomic mass is 9.33. The molecular formula is C36H58O10. The van der Waals surface area contributed by atoms with E-state index < -0.39 is 77.8 Å². The highest BCUT2D eigenvalue weighted by Crippen LogP contribution is 2.76. The van der Waals surface area contributed by atoms with Gasteiger partial charge in [0.25, 0.3) is 0 Å². The summed E-state index contributed by atoms with van der Waals surface area (Å²) in [6, 6.07) is 0. The normalized spacial score (nSPS) is 56.4. The molecule has 0 aromatic carbocycles. The van der Waals surface area contributed by atoms with E-state index >= 15 is 0 Å². The average Bonchev–Trinajstić information content (AvgIpc) is 2.98. The fourth-order valence-corrected chi connectivity index (χ4v) is 12.4. The van der Waals surface area contributed by atoms with Gasteiger partial charge in [-0.15, -0.1) is 0 Å². The molecule has 0 spiro atoms. The highest BCUT2D eigenvalue weighted by Gasteiger charge is 2.72. The smallest absolute Gasteiger partial charge is 0.315 e. The molecule has 5 aliphatic carbocycles. The largest absolute Gasteiger partial charge is 0.432 e. The van der Waals surface area contributed by atoms with Crippen LogP contribution in [0.25, 0.3) is 0 Å². The number of carbonyl (C=O) groups excluding carboxylic acids is 1. The molecule has 7 N–H and O–H groups in total. The van der Waals surface area contributed by atoms with Gasteiger partial charge in [0.1, 0.15) is 24.4 Å². The van der Waals surface area contributed by atoms with Crippen LogP contribution in [0.2, 0.25) is 0 Å². The number of allylic oxidation sites excluding steroid dienone is 1. The van der Waals surface area contributed by atoms with Crippen molar-refractivity contribution in [2.24, 2.45) is 50.7 Å². The van der Waals surface area contributed by atoms with Crippen molar-refractivity contribution in [3.8, 4) is 0 Å². The highest BCUT2D eigenvalue weighted by atomic mass is 16.7. The Hall–Kier alpha value is -1.11. The molecule has 16 atom stereocenters. The third-order valence-corrected chi connectivity index (χ3v) is 15.5. The number of fused-ring (bicyclic) bond motifs is 7. The predicted molar refractivity (Wildman–Crippen MR) is 168 cm³/mol. The number of esters is 1. The maximum atomic E-state index is 14.5. The standard InChI is InChI=1S/C36H58O10/c1-18-10-13-36(30(43)46-29-26(41)25(40)24(39)21(17-37)45-29)15-14-33(5)19(27(36)35(18,7)44)8-9-23-32(4)16-20(38)28(42)31(2,3)22(32)11-12-34(23,33)6/h8,18,20-29,37-42,44H,9-17H2,1-7H3/t18-,20-,21+,22+,23-,24+,25-,26+,27-,28-,29-,32+,33-,34-,35-,36+/m1/s1. The molecule has 6 rings (SSSR count). The van der Waals surface area contributed by atoms with Crippen molar-refractivity contribution in [3.63, 3.8) is 0 Å². The number of hydrogen-bond acceptors (Lipinski definition) is 10. The molecule has 1 heterocycles. The molecule has 0 amide bonds. The third-order valence-electron chi connectivity index (χ3n) is 15.5. The fourth-order valence-electron chi connectivity index (χ4n) is 12.4. The van der Waals surface area contributed by atoms with Crippen LogP contribution in [0, 0.1) is 50.7 Å². The van der Waals surface area contributed by atoms with Crippen LogP contribution in [0.3, 0.4) is 0 Å². The Labute approximate surface area is 273 Å². The van der Waals surface area contributed by atoms with Crippen LogP contribution < -0.4 is 0 Å². The van der Waals surface area contributed by atoms with E-state index in [4.69, 9.17) is 9.47 Å². The first-order valence-corrected chi connectivity index (χ1v) is 17.5. The molecule has 10 nitrogen and oxygen atoms in total. The Morgan fingerprint density at radius 1 is 0.913 bits per heavy atom. The van der Waals surface area contributed by atoms with Crippen LogP contribution >= 0.6 is 0 Å². The highest BCUT2D eigenvalue weighted by molar-refractivity contribution is 5.79. The van der Waals surface area contributed by atoms with Gasteiger partial charge in [-0.05, 0) is 97.7 Å². The van der Waals surface area contributed by atoms with Crippen LogP contribution in [0.1, 0.15) is 99.8 Å². The second-order valence-electron chi connectivity index (χ2n) is 17.7. The Kier molecular flexibility index (Phi) is 8.27. The first-order valence-electron chi connectivity index (χ1n) is 17.5. The molecule has 10 heteroatoms. The molecule has 262 valence electrons. The molecule has 46 heavy (non-hydrogen) atoms. The van der Waals surface area contributed by atoms with Crippen molar-refractivity contribution in [2.45, 2.75) is 148 Å². The molecule has 0 radical (unpaired) electrons. The monoisotopic (exact) mass is 650 g/mol. The van der Waals surface area contributed by atoms with Crippen molar-refractivity contribution in [3.05, 3.63) is 11.6 Å². The zero-order valence-corrected chi connectivity index (χ0v) is 28.6. The topological polar surface area (TPSA) is 177 Å². The maximum Gasteiger partial charge on any atom is 0.315 e. The maximum absolute atomic E-state index is 14.5. The SMILES string of the molecule is C[C@@H]1CC[C@]2(C(=O)O[C@H]3O[C@@H](CO)[C@H](O)[C@@H](O)[C@@H]3O)CC[C@]3(C)C(=CC[C@@H]4[C@@]5(C)C[C@@H](O)[C@@H](O)C(C)(C)[C@@H]5CC[C@]43C)[C@@H]2[C@]1(C)O. The van der Waals surface area contributed by atoms with Gasteiger partial charge in [-0.3, -0.25) is 4.79 Å². The van der Waals surface area contributed by atoms with Crippen LogP contribution in [0.15, 0.2) is 11.6 Å². The molecule has 5 fully saturated rings. The average molecular weight is 651 g/mol. The first kappa shape index (κ1) is 34.7. The number of rotatable bonds is 3. The van der Waals surface area contributed by atoms with Crippen LogP contribution in [0.5, 0.6) is 0 Å². The van der Waals surface area contributed by atoms with Gasteiger partial charge in [-0.1, -0.05) is 53.2 Å². The van der Waals surface area contributed by atoms with Gasteiger partial charge in [0.15, 0.2) is 0 Å². The first-order chi connectivity index (χ1) is 21.2. The molecule has 0 unspecified atom stereocenters. The van der Waals surface area contributed by atoms with Gasteiger partial charge in [0.2, 0.25) is 6.29 Å². The summed E-state index contributed by atoms with van der Waals surface area (Å²) in [6.07, 6.45) is -1.65. The summed E-state index contributed by atoms with van der Waals surface area (Å²) in [4.78, 5) is 14.5. The lowest BCUT2D eigenvalue weighted by molar-refractivity contribution is -0.299. The van der Waals surface area contributed by atoms with Crippen molar-refractivity contribution < 1.29 is 50.0 Å². The minimum Gasteiger partial charge on any atom is -0.432 e. The second-order valence-corrected chi connectivity index (χ2v) is 17.7. The van der Waals surface area contributed by atoms with E-state index in [9.17, 15) is 40.5 Å². The summed E-state index contributed by atoms with van der Waals surface area (Å²) in [7, 11) is 0. The van der Waals surface area contributed by atoms with Gasteiger partial charge in [0, 0.05) is 5.92 Å². The van der Waals surface area contributed by atoms with Crippen molar-refractivity contribution in [1.82, 2.24) is 0 Å². The van der Waals surface area contributed by atoms with E-state index in [0.29, 0.717) is 32.1 Å². The van der Waals surface area contributed by atoms with E-state index in [1.807, 2.05) is 13.8 Å². The van der Waals surface area contributed by atoms with E-state index in [1.54, 1.807) is 0 Å². The number of ether oxygens (including phenoxy) is 2. The quantitative estimate of drug-likeness (QED) is 0.177. The van der Waals surface area contributed by atoms with Gasteiger partial charge >= 0.3 is 5.97 Å². The van der Waals surface area contributed by atoms with E-state index in [1.165, 1.54) is 0 Å². The zero-order chi connectivity index (χ0) is 34.0. The van der Waals surface area contributed by atoms with Crippen molar-refractivity contribution >= 4 is 5.97 Å². The summed E-state index contributed by atoms with van der Waals surface area (Å²) in [5, 5.41) is 75.6. The number of carbonyl (C=O) groups is 1. The number of hydrogen-bond donors (Lipinski definition) is 7. The van der Waals surface area contributed by atoms with Crippen LogP contribution in [-0.2, 0) is 14.3 Å². The second kappa shape index (κ2) is 10.9. The minimum absolute atomic E-state index is 0.0940. The molecule has 4 saturated carbocycles. The summed E-state index contributed by atoms with van der Waals surface area (Å²) >= 11 is 0. The Morgan fingerprint density at radius 2 is 1.59 bits per heavy atom. The summed E-state index contributed by atoms with van der Waals surface area (Å²) in [5.41, 5.74) is -2.44. The molecule has 1 aliphatic heterocycles. The van der Waals surface area contributed by atoms with Crippen molar-refractivity contribution in [2.75, 3.05) is 6.61 Å². The third kappa shape index (κ3) is 4.39. The summed E-state index contributed by atoms with van der Waals surface area (Å²) in [5.74, 6) is -0.787. The lowest BCUT2D eigenvalue weighted by Gasteiger charge is -2.72. The van der Waals surface area contributed by atoms with Gasteiger partial charge < -0.3 is 45.2 Å². The molecule has 1 saturated heterocycles. The fraction of sp³-hybridized carbons (Fsp3) is 0.917. The van der Waals surface area contributed by atoms with Gasteiger partial charge in [-0.25, -0.2) is 0 Å². The van der Waals surface area contributed by atoms with E-state index in [2.05, 4.69) is 40.7 Å². The predicted octanol–water partition coefficient (Wildman–Crippen LogP) is 2.43. The number of aliphatic hydroxyl groups excluding tert-OH is 6. The summed E-state index contributed by atoms with van der Waals surface area (Å²) in [6.45, 7) is 14.4. The molecule has 0 aromatic rings. The Balaban J connectivity index is 1.39. The van der Waals surface area contributed by atoms with Crippen LogP contribution in [-0.4, -0.2) is 96.8 Å². The van der Waals surface area contributed by atoms with Gasteiger partial charge in [-0.2, -0.15) is 0 Å².